The number of morpholine rings is 1. The SMILES string of the molecule is O=C(C=Cc1ccc(OCc2cscn2)cc1)c1ccc(N2CCOCC2)cc1. The van der Waals surface area contributed by atoms with Crippen molar-refractivity contribution in [2.75, 3.05) is 31.2 Å². The Morgan fingerprint density at radius 3 is 2.55 bits per heavy atom. The molecular weight excluding hydrogens is 384 g/mol. The monoisotopic (exact) mass is 406 g/mol. The molecular formula is C23H22N2O3S. The average Bonchev–Trinajstić information content (AvgIpc) is 3.31. The van der Waals surface area contributed by atoms with Gasteiger partial charge in [0.25, 0.3) is 0 Å². The van der Waals surface area contributed by atoms with Crippen LogP contribution in [0.1, 0.15) is 21.6 Å². The van der Waals surface area contributed by atoms with Crippen LogP contribution in [0.3, 0.4) is 0 Å². The van der Waals surface area contributed by atoms with E-state index in [1.165, 1.54) is 0 Å². The lowest BCUT2D eigenvalue weighted by atomic mass is 10.1. The van der Waals surface area contributed by atoms with E-state index in [0.717, 1.165) is 49.0 Å². The quantitative estimate of drug-likeness (QED) is 0.428. The van der Waals surface area contributed by atoms with Gasteiger partial charge in [0, 0.05) is 29.7 Å². The van der Waals surface area contributed by atoms with Crippen LogP contribution in [0.4, 0.5) is 5.69 Å². The summed E-state index contributed by atoms with van der Waals surface area (Å²) < 4.78 is 11.1. The predicted molar refractivity (Wildman–Crippen MR) is 116 cm³/mol. The highest BCUT2D eigenvalue weighted by Gasteiger charge is 2.11. The topological polar surface area (TPSA) is 51.7 Å². The van der Waals surface area contributed by atoms with Crippen molar-refractivity contribution in [3.8, 4) is 5.75 Å². The molecule has 1 aliphatic rings. The number of aromatic nitrogens is 1. The number of carbonyl (C=O) groups excluding carboxylic acids is 1. The average molecular weight is 407 g/mol. The van der Waals surface area contributed by atoms with Crippen LogP contribution >= 0.6 is 11.3 Å². The molecule has 4 rings (SSSR count). The maximum atomic E-state index is 12.5. The van der Waals surface area contributed by atoms with Crippen molar-refractivity contribution < 1.29 is 14.3 Å². The van der Waals surface area contributed by atoms with Gasteiger partial charge < -0.3 is 14.4 Å². The molecule has 0 N–H and O–H groups in total. The molecule has 0 unspecified atom stereocenters. The summed E-state index contributed by atoms with van der Waals surface area (Å²) in [6, 6.07) is 15.4. The number of carbonyl (C=O) groups is 1. The van der Waals surface area contributed by atoms with E-state index in [1.807, 2.05) is 60.0 Å². The minimum atomic E-state index is -0.0117. The van der Waals surface area contributed by atoms with Crippen molar-refractivity contribution in [3.05, 3.63) is 82.3 Å². The second-order valence-electron chi connectivity index (χ2n) is 6.68. The highest BCUT2D eigenvalue weighted by molar-refractivity contribution is 7.07. The van der Waals surface area contributed by atoms with Crippen LogP contribution in [0.25, 0.3) is 6.08 Å². The molecule has 0 atom stereocenters. The summed E-state index contributed by atoms with van der Waals surface area (Å²) in [6.45, 7) is 3.72. The lowest BCUT2D eigenvalue weighted by molar-refractivity contribution is 0.104. The van der Waals surface area contributed by atoms with E-state index in [4.69, 9.17) is 9.47 Å². The van der Waals surface area contributed by atoms with Crippen molar-refractivity contribution in [1.29, 1.82) is 0 Å². The first-order valence-electron chi connectivity index (χ1n) is 9.53. The molecule has 0 amide bonds. The van der Waals surface area contributed by atoms with Gasteiger partial charge >= 0.3 is 0 Å². The lowest BCUT2D eigenvalue weighted by Gasteiger charge is -2.28. The molecule has 148 valence electrons. The first-order valence-corrected chi connectivity index (χ1v) is 10.5. The maximum Gasteiger partial charge on any atom is 0.185 e. The number of ketones is 1. The molecule has 2 heterocycles. The number of anilines is 1. The zero-order chi connectivity index (χ0) is 19.9. The molecule has 1 saturated heterocycles. The van der Waals surface area contributed by atoms with Gasteiger partial charge in [-0.2, -0.15) is 0 Å². The molecule has 6 heteroatoms. The first kappa shape index (κ1) is 19.4. The van der Waals surface area contributed by atoms with E-state index >= 15 is 0 Å². The number of nitrogens with zero attached hydrogens (tertiary/aromatic N) is 2. The van der Waals surface area contributed by atoms with E-state index in [0.29, 0.717) is 12.2 Å². The number of benzene rings is 2. The molecule has 1 aliphatic heterocycles. The maximum absolute atomic E-state index is 12.5. The number of hydrogen-bond acceptors (Lipinski definition) is 6. The van der Waals surface area contributed by atoms with Gasteiger partial charge in [-0.1, -0.05) is 18.2 Å². The summed E-state index contributed by atoms with van der Waals surface area (Å²) in [6.07, 6.45) is 3.43. The smallest absolute Gasteiger partial charge is 0.185 e. The van der Waals surface area contributed by atoms with E-state index < -0.39 is 0 Å². The van der Waals surface area contributed by atoms with Gasteiger partial charge in [0.05, 0.1) is 24.4 Å². The molecule has 0 aliphatic carbocycles. The Balaban J connectivity index is 1.32. The van der Waals surface area contributed by atoms with Crippen LogP contribution in [0.5, 0.6) is 5.75 Å². The Bertz CT molecular complexity index is 945. The van der Waals surface area contributed by atoms with Gasteiger partial charge in [-0.05, 0) is 48.0 Å². The number of allylic oxidation sites excluding steroid dienone is 1. The molecule has 0 radical (unpaired) electrons. The lowest BCUT2D eigenvalue weighted by Crippen LogP contribution is -2.36. The third kappa shape index (κ3) is 5.31. The third-order valence-electron chi connectivity index (χ3n) is 4.71. The molecule has 3 aromatic rings. The fraction of sp³-hybridized carbons (Fsp3) is 0.217. The van der Waals surface area contributed by atoms with Gasteiger partial charge in [-0.3, -0.25) is 4.79 Å². The van der Waals surface area contributed by atoms with Crippen molar-refractivity contribution >= 4 is 28.9 Å². The molecule has 1 aromatic heterocycles. The fourth-order valence-electron chi connectivity index (χ4n) is 3.07. The second kappa shape index (κ2) is 9.49. The van der Waals surface area contributed by atoms with Gasteiger partial charge in [-0.15, -0.1) is 11.3 Å². The summed E-state index contributed by atoms with van der Waals surface area (Å²) in [5.41, 5.74) is 5.47. The molecule has 0 bridgehead atoms. The van der Waals surface area contributed by atoms with Gasteiger partial charge in [0.1, 0.15) is 12.4 Å². The third-order valence-corrected chi connectivity index (χ3v) is 5.34. The number of thiazole rings is 1. The normalized spacial score (nSPS) is 14.3. The van der Waals surface area contributed by atoms with Crippen LogP contribution in [-0.2, 0) is 11.3 Å². The number of hydrogen-bond donors (Lipinski definition) is 0. The number of ether oxygens (including phenoxy) is 2. The van der Waals surface area contributed by atoms with Crippen LogP contribution in [0, 0.1) is 0 Å². The summed E-state index contributed by atoms with van der Waals surface area (Å²) in [7, 11) is 0. The van der Waals surface area contributed by atoms with E-state index in [1.54, 1.807) is 22.9 Å². The zero-order valence-electron chi connectivity index (χ0n) is 16.0. The van der Waals surface area contributed by atoms with Crippen molar-refractivity contribution in [1.82, 2.24) is 4.98 Å². The standard InChI is InChI=1S/C23H22N2O3S/c26-23(19-4-6-21(7-5-19)25-11-13-27-14-12-25)10-3-18-1-8-22(9-2-18)28-15-20-16-29-17-24-20/h1-10,16-17H,11-15H2. The molecule has 29 heavy (non-hydrogen) atoms. The molecule has 5 nitrogen and oxygen atoms in total. The van der Waals surface area contributed by atoms with Crippen LogP contribution in [0.2, 0.25) is 0 Å². The second-order valence-corrected chi connectivity index (χ2v) is 7.40. The largest absolute Gasteiger partial charge is 0.487 e. The van der Waals surface area contributed by atoms with E-state index in [-0.39, 0.29) is 5.78 Å². The van der Waals surface area contributed by atoms with Gasteiger partial charge in [0.15, 0.2) is 5.78 Å². The highest BCUT2D eigenvalue weighted by Crippen LogP contribution is 2.18. The molecule has 2 aromatic carbocycles. The number of rotatable bonds is 7. The summed E-state index contributed by atoms with van der Waals surface area (Å²) >= 11 is 1.55. The van der Waals surface area contributed by atoms with Gasteiger partial charge in [-0.25, -0.2) is 4.98 Å². The van der Waals surface area contributed by atoms with Crippen molar-refractivity contribution in [2.45, 2.75) is 6.61 Å². The molecule has 1 fully saturated rings. The zero-order valence-corrected chi connectivity index (χ0v) is 16.8. The van der Waals surface area contributed by atoms with E-state index in [2.05, 4.69) is 9.88 Å². The Hall–Kier alpha value is -2.96. The van der Waals surface area contributed by atoms with Crippen molar-refractivity contribution in [2.24, 2.45) is 0 Å². The molecule has 0 spiro atoms. The fourth-order valence-corrected chi connectivity index (χ4v) is 3.61. The first-order chi connectivity index (χ1) is 14.3. The Kier molecular flexibility index (Phi) is 6.34. The molecule has 0 saturated carbocycles. The Morgan fingerprint density at radius 2 is 1.86 bits per heavy atom. The minimum absolute atomic E-state index is 0.0117. The van der Waals surface area contributed by atoms with E-state index in [9.17, 15) is 4.79 Å². The van der Waals surface area contributed by atoms with Gasteiger partial charge in [0.2, 0.25) is 0 Å². The summed E-state index contributed by atoms with van der Waals surface area (Å²) in [5.74, 6) is 0.766. The Morgan fingerprint density at radius 1 is 1.10 bits per heavy atom. The Labute approximate surface area is 174 Å². The van der Waals surface area contributed by atoms with Crippen LogP contribution in [-0.4, -0.2) is 37.1 Å². The summed E-state index contributed by atoms with van der Waals surface area (Å²) in [5, 5.41) is 1.97. The van der Waals surface area contributed by atoms with Crippen LogP contribution in [0.15, 0.2) is 65.5 Å². The highest BCUT2D eigenvalue weighted by atomic mass is 32.1. The summed E-state index contributed by atoms with van der Waals surface area (Å²) in [4.78, 5) is 18.9. The minimum Gasteiger partial charge on any atom is -0.487 e. The van der Waals surface area contributed by atoms with Crippen LogP contribution < -0.4 is 9.64 Å². The van der Waals surface area contributed by atoms with Crippen molar-refractivity contribution in [3.63, 3.8) is 0 Å². The predicted octanol–water partition coefficient (Wildman–Crippen LogP) is 4.45.